The van der Waals surface area contributed by atoms with Gasteiger partial charge in [-0.1, -0.05) is 17.7 Å². The highest BCUT2D eigenvalue weighted by molar-refractivity contribution is 7.91. The summed E-state index contributed by atoms with van der Waals surface area (Å²) in [6.07, 6.45) is 0. The molecular formula is C15H14ClNO3S. The van der Waals surface area contributed by atoms with Crippen molar-refractivity contribution in [1.82, 2.24) is 0 Å². The molecule has 110 valence electrons. The molecule has 0 aliphatic carbocycles. The quantitative estimate of drug-likeness (QED) is 0.941. The molecule has 1 N–H and O–H groups in total. The zero-order valence-electron chi connectivity index (χ0n) is 11.6. The Balaban J connectivity index is 2.60. The first-order valence-corrected chi connectivity index (χ1v) is 8.06. The summed E-state index contributed by atoms with van der Waals surface area (Å²) in [7, 11) is -3.73. The van der Waals surface area contributed by atoms with Crippen LogP contribution in [0, 0.1) is 6.92 Å². The van der Waals surface area contributed by atoms with Crippen LogP contribution in [0.5, 0.6) is 0 Å². The zero-order valence-corrected chi connectivity index (χ0v) is 13.1. The zero-order chi connectivity index (χ0) is 15.6. The largest absolute Gasteiger partial charge is 0.325 e. The molecule has 0 radical (unpaired) electrons. The van der Waals surface area contributed by atoms with Crippen LogP contribution in [0.4, 0.5) is 5.69 Å². The summed E-state index contributed by atoms with van der Waals surface area (Å²) in [5.41, 5.74) is 1.06. The topological polar surface area (TPSA) is 63.2 Å². The molecule has 0 saturated carbocycles. The second kappa shape index (κ2) is 5.87. The third-order valence-corrected chi connectivity index (χ3v) is 4.92. The van der Waals surface area contributed by atoms with Crippen molar-refractivity contribution < 1.29 is 13.2 Å². The van der Waals surface area contributed by atoms with E-state index in [1.54, 1.807) is 19.1 Å². The molecule has 0 aliphatic rings. The van der Waals surface area contributed by atoms with E-state index in [9.17, 15) is 13.2 Å². The highest BCUT2D eigenvalue weighted by atomic mass is 35.5. The summed E-state index contributed by atoms with van der Waals surface area (Å²) in [4.78, 5) is 11.4. The number of carbonyl (C=O) groups excluding carboxylic acids is 1. The monoisotopic (exact) mass is 323 g/mol. The average Bonchev–Trinajstić information content (AvgIpc) is 2.40. The maximum absolute atomic E-state index is 12.7. The van der Waals surface area contributed by atoms with Gasteiger partial charge in [0.05, 0.1) is 15.5 Å². The van der Waals surface area contributed by atoms with Crippen molar-refractivity contribution in [2.45, 2.75) is 23.6 Å². The van der Waals surface area contributed by atoms with E-state index >= 15 is 0 Å². The average molecular weight is 324 g/mol. The number of aryl methyl sites for hydroxylation is 1. The molecule has 0 aliphatic heterocycles. The molecule has 0 bridgehead atoms. The number of anilines is 1. The number of benzene rings is 2. The van der Waals surface area contributed by atoms with Gasteiger partial charge in [0.2, 0.25) is 15.7 Å². The SMILES string of the molecule is CC(=O)Nc1ccc(C)cc1S(=O)(=O)c1ccc(Cl)cc1. The molecule has 0 atom stereocenters. The second-order valence-electron chi connectivity index (χ2n) is 4.64. The van der Waals surface area contributed by atoms with Crippen molar-refractivity contribution >= 4 is 33.0 Å². The maximum Gasteiger partial charge on any atom is 0.221 e. The molecule has 1 amide bonds. The lowest BCUT2D eigenvalue weighted by molar-refractivity contribution is -0.114. The van der Waals surface area contributed by atoms with Crippen molar-refractivity contribution in [2.24, 2.45) is 0 Å². The second-order valence-corrected chi connectivity index (χ2v) is 6.99. The Morgan fingerprint density at radius 2 is 1.71 bits per heavy atom. The summed E-state index contributed by atoms with van der Waals surface area (Å²) < 4.78 is 25.4. The lowest BCUT2D eigenvalue weighted by Gasteiger charge is -2.12. The van der Waals surface area contributed by atoms with Crippen LogP contribution in [-0.4, -0.2) is 14.3 Å². The van der Waals surface area contributed by atoms with Crippen molar-refractivity contribution in [3.63, 3.8) is 0 Å². The summed E-state index contributed by atoms with van der Waals surface area (Å²) in [5, 5.41) is 3.00. The van der Waals surface area contributed by atoms with Gasteiger partial charge in [0.25, 0.3) is 0 Å². The molecule has 0 unspecified atom stereocenters. The Bertz CT molecular complexity index is 783. The number of hydrogen-bond acceptors (Lipinski definition) is 3. The first-order valence-electron chi connectivity index (χ1n) is 6.19. The van der Waals surface area contributed by atoms with E-state index in [-0.39, 0.29) is 21.4 Å². The summed E-state index contributed by atoms with van der Waals surface area (Å²) >= 11 is 5.78. The number of amides is 1. The molecule has 2 aromatic rings. The molecule has 2 aromatic carbocycles. The number of sulfone groups is 1. The van der Waals surface area contributed by atoms with E-state index in [4.69, 9.17) is 11.6 Å². The molecule has 0 heterocycles. The number of hydrogen-bond donors (Lipinski definition) is 1. The van der Waals surface area contributed by atoms with Gasteiger partial charge in [0.15, 0.2) is 0 Å². The minimum atomic E-state index is -3.73. The summed E-state index contributed by atoms with van der Waals surface area (Å²) in [6.45, 7) is 3.12. The molecule has 0 spiro atoms. The van der Waals surface area contributed by atoms with Crippen molar-refractivity contribution in [2.75, 3.05) is 5.32 Å². The molecule has 6 heteroatoms. The first kappa shape index (κ1) is 15.5. The predicted molar refractivity (Wildman–Crippen MR) is 82.4 cm³/mol. The number of nitrogens with one attached hydrogen (secondary N) is 1. The van der Waals surface area contributed by atoms with E-state index in [0.29, 0.717) is 5.02 Å². The predicted octanol–water partition coefficient (Wildman–Crippen LogP) is 3.44. The fourth-order valence-corrected chi connectivity index (χ4v) is 3.51. The van der Waals surface area contributed by atoms with Gasteiger partial charge in [0.1, 0.15) is 0 Å². The lowest BCUT2D eigenvalue weighted by Crippen LogP contribution is -2.11. The third kappa shape index (κ3) is 3.43. The summed E-state index contributed by atoms with van der Waals surface area (Å²) in [6, 6.07) is 10.8. The van der Waals surface area contributed by atoms with Crippen LogP contribution >= 0.6 is 11.6 Å². The normalized spacial score (nSPS) is 11.2. The number of carbonyl (C=O) groups is 1. The first-order chi connectivity index (χ1) is 9.80. The molecule has 2 rings (SSSR count). The molecule has 0 aromatic heterocycles. The van der Waals surface area contributed by atoms with Gasteiger partial charge in [-0.3, -0.25) is 4.79 Å². The van der Waals surface area contributed by atoms with Crippen LogP contribution in [0.1, 0.15) is 12.5 Å². The molecule has 0 saturated heterocycles. The minimum Gasteiger partial charge on any atom is -0.325 e. The third-order valence-electron chi connectivity index (χ3n) is 2.86. The van der Waals surface area contributed by atoms with Crippen LogP contribution < -0.4 is 5.32 Å². The van der Waals surface area contributed by atoms with Crippen LogP contribution in [-0.2, 0) is 14.6 Å². The Labute approximate surface area is 128 Å². The van der Waals surface area contributed by atoms with Gasteiger partial charge in [-0.2, -0.15) is 0 Å². The highest BCUT2D eigenvalue weighted by Crippen LogP contribution is 2.29. The number of rotatable bonds is 3. The molecule has 4 nitrogen and oxygen atoms in total. The van der Waals surface area contributed by atoms with E-state index in [0.717, 1.165) is 5.56 Å². The van der Waals surface area contributed by atoms with Gasteiger partial charge in [-0.15, -0.1) is 0 Å². The van der Waals surface area contributed by atoms with Crippen LogP contribution in [0.25, 0.3) is 0 Å². The Hall–Kier alpha value is -1.85. The summed E-state index contributed by atoms with van der Waals surface area (Å²) in [5.74, 6) is -0.327. The smallest absolute Gasteiger partial charge is 0.221 e. The van der Waals surface area contributed by atoms with Gasteiger partial charge in [-0.05, 0) is 48.9 Å². The molecular weight excluding hydrogens is 310 g/mol. The minimum absolute atomic E-state index is 0.0695. The van der Waals surface area contributed by atoms with Gasteiger partial charge >= 0.3 is 0 Å². The fourth-order valence-electron chi connectivity index (χ4n) is 1.89. The van der Waals surface area contributed by atoms with Crippen molar-refractivity contribution in [1.29, 1.82) is 0 Å². The van der Waals surface area contributed by atoms with Crippen LogP contribution in [0.3, 0.4) is 0 Å². The highest BCUT2D eigenvalue weighted by Gasteiger charge is 2.22. The Kier molecular flexibility index (Phi) is 4.34. The molecule has 0 fully saturated rings. The number of halogens is 1. The van der Waals surface area contributed by atoms with Crippen molar-refractivity contribution in [3.8, 4) is 0 Å². The van der Waals surface area contributed by atoms with Gasteiger partial charge in [0, 0.05) is 11.9 Å². The maximum atomic E-state index is 12.7. The standard InChI is InChI=1S/C15H14ClNO3S/c1-10-3-8-14(17-11(2)18)15(9-10)21(19,20)13-6-4-12(16)5-7-13/h3-9H,1-2H3,(H,17,18). The van der Waals surface area contributed by atoms with Gasteiger partial charge < -0.3 is 5.32 Å². The Morgan fingerprint density at radius 3 is 2.29 bits per heavy atom. The Morgan fingerprint density at radius 1 is 1.10 bits per heavy atom. The van der Waals surface area contributed by atoms with Crippen LogP contribution in [0.2, 0.25) is 5.02 Å². The molecule has 21 heavy (non-hydrogen) atoms. The van der Waals surface area contributed by atoms with E-state index in [1.807, 2.05) is 0 Å². The van der Waals surface area contributed by atoms with Gasteiger partial charge in [-0.25, -0.2) is 8.42 Å². The van der Waals surface area contributed by atoms with E-state index < -0.39 is 9.84 Å². The van der Waals surface area contributed by atoms with Crippen LogP contribution in [0.15, 0.2) is 52.3 Å². The van der Waals surface area contributed by atoms with E-state index in [1.165, 1.54) is 37.3 Å². The van der Waals surface area contributed by atoms with Crippen molar-refractivity contribution in [3.05, 3.63) is 53.1 Å². The van der Waals surface area contributed by atoms with E-state index in [2.05, 4.69) is 5.32 Å². The lowest BCUT2D eigenvalue weighted by atomic mass is 10.2. The fraction of sp³-hybridized carbons (Fsp3) is 0.133.